The summed E-state index contributed by atoms with van der Waals surface area (Å²) < 4.78 is 27.6. The minimum absolute atomic E-state index is 0.181. The summed E-state index contributed by atoms with van der Waals surface area (Å²) in [5.74, 6) is 1.03. The van der Waals surface area contributed by atoms with Crippen molar-refractivity contribution in [3.63, 3.8) is 0 Å². The molecule has 2 N–H and O–H groups in total. The number of rotatable bonds is 11. The van der Waals surface area contributed by atoms with Gasteiger partial charge in [-0.3, -0.25) is 0 Å². The van der Waals surface area contributed by atoms with Crippen LogP contribution in [0, 0.1) is 18.7 Å². The number of aliphatic hydroxyl groups is 1. The van der Waals surface area contributed by atoms with E-state index in [1.807, 2.05) is 69.3 Å². The Morgan fingerprint density at radius 2 is 1.67 bits per heavy atom. The van der Waals surface area contributed by atoms with Crippen molar-refractivity contribution in [1.29, 1.82) is 0 Å². The van der Waals surface area contributed by atoms with Crippen molar-refractivity contribution in [2.24, 2.45) is 5.92 Å². The molecule has 0 aliphatic carbocycles. The van der Waals surface area contributed by atoms with Crippen LogP contribution in [0.2, 0.25) is 0 Å². The number of hydrogen-bond acceptors (Lipinski definition) is 6. The first-order chi connectivity index (χ1) is 17.4. The molecule has 0 aliphatic heterocycles. The Bertz CT molecular complexity index is 1270. The maximum Gasteiger partial charge on any atom is 0.336 e. The first-order valence-electron chi connectivity index (χ1n) is 12.0. The van der Waals surface area contributed by atoms with Crippen LogP contribution in [0.5, 0.6) is 11.8 Å². The molecular weight excluding hydrogens is 459 g/mol. The van der Waals surface area contributed by atoms with Crippen LogP contribution in [0.25, 0.3) is 17.1 Å². The first kappa shape index (κ1) is 25.2. The van der Waals surface area contributed by atoms with Gasteiger partial charge in [-0.05, 0) is 60.9 Å². The van der Waals surface area contributed by atoms with E-state index in [9.17, 15) is 9.50 Å². The maximum atomic E-state index is 14.6. The Balaban J connectivity index is 1.44. The van der Waals surface area contributed by atoms with E-state index in [4.69, 9.17) is 9.47 Å². The third-order valence-corrected chi connectivity index (χ3v) is 5.43. The molecule has 0 spiro atoms. The van der Waals surface area contributed by atoms with Gasteiger partial charge in [0, 0.05) is 12.2 Å². The third kappa shape index (κ3) is 6.40. The van der Waals surface area contributed by atoms with E-state index in [1.165, 1.54) is 6.07 Å². The van der Waals surface area contributed by atoms with Crippen molar-refractivity contribution in [2.45, 2.75) is 26.9 Å². The summed E-state index contributed by atoms with van der Waals surface area (Å²) in [5.41, 5.74) is 2.88. The lowest BCUT2D eigenvalue weighted by Gasteiger charge is -2.15. The van der Waals surface area contributed by atoms with Crippen molar-refractivity contribution < 1.29 is 19.0 Å². The van der Waals surface area contributed by atoms with Crippen LogP contribution in [0.4, 0.5) is 10.1 Å². The number of anilines is 1. The average molecular weight is 491 g/mol. The van der Waals surface area contributed by atoms with Crippen molar-refractivity contribution in [1.82, 2.24) is 14.8 Å². The van der Waals surface area contributed by atoms with E-state index < -0.39 is 6.10 Å². The van der Waals surface area contributed by atoms with Gasteiger partial charge in [0.15, 0.2) is 5.82 Å². The average Bonchev–Trinajstić information content (AvgIpc) is 3.30. The highest BCUT2D eigenvalue weighted by atomic mass is 19.1. The smallest absolute Gasteiger partial charge is 0.336 e. The SMILES string of the molecule is Cc1ccccc1OCC(O)CNc1ccc(-n2nc(OCC(C)C)nc2-c2ccccc2F)cc1. The van der Waals surface area contributed by atoms with Crippen LogP contribution < -0.4 is 14.8 Å². The van der Waals surface area contributed by atoms with E-state index in [0.29, 0.717) is 36.1 Å². The summed E-state index contributed by atoms with van der Waals surface area (Å²) in [4.78, 5) is 4.45. The molecule has 0 amide bonds. The summed E-state index contributed by atoms with van der Waals surface area (Å²) >= 11 is 0. The Morgan fingerprint density at radius 1 is 0.944 bits per heavy atom. The number of nitrogens with zero attached hydrogens (tertiary/aromatic N) is 3. The number of halogens is 1. The number of benzene rings is 3. The van der Waals surface area contributed by atoms with E-state index in [-0.39, 0.29) is 18.4 Å². The van der Waals surface area contributed by atoms with Gasteiger partial charge in [-0.1, -0.05) is 44.2 Å². The van der Waals surface area contributed by atoms with Crippen LogP contribution in [0.3, 0.4) is 0 Å². The molecule has 7 nitrogen and oxygen atoms in total. The van der Waals surface area contributed by atoms with Crippen LogP contribution in [-0.4, -0.2) is 45.7 Å². The molecule has 3 aromatic carbocycles. The number of hydrogen-bond donors (Lipinski definition) is 2. The van der Waals surface area contributed by atoms with E-state index in [2.05, 4.69) is 15.4 Å². The van der Waals surface area contributed by atoms with Gasteiger partial charge in [0.25, 0.3) is 0 Å². The highest BCUT2D eigenvalue weighted by Gasteiger charge is 2.18. The quantitative estimate of drug-likeness (QED) is 0.298. The number of aromatic nitrogens is 3. The maximum absolute atomic E-state index is 14.6. The zero-order valence-corrected chi connectivity index (χ0v) is 20.7. The molecule has 0 radical (unpaired) electrons. The summed E-state index contributed by atoms with van der Waals surface area (Å²) in [6.45, 7) is 6.99. The van der Waals surface area contributed by atoms with E-state index >= 15 is 0 Å². The lowest BCUT2D eigenvalue weighted by molar-refractivity contribution is 0.117. The Morgan fingerprint density at radius 3 is 2.39 bits per heavy atom. The highest BCUT2D eigenvalue weighted by molar-refractivity contribution is 5.60. The van der Waals surface area contributed by atoms with Gasteiger partial charge in [0.05, 0.1) is 17.9 Å². The first-order valence-corrected chi connectivity index (χ1v) is 12.0. The van der Waals surface area contributed by atoms with Gasteiger partial charge in [0.2, 0.25) is 0 Å². The molecular formula is C28H31FN4O3. The molecule has 0 aliphatic rings. The topological polar surface area (TPSA) is 81.4 Å². The molecule has 188 valence electrons. The summed E-state index contributed by atoms with van der Waals surface area (Å²) in [5, 5.41) is 18.0. The van der Waals surface area contributed by atoms with Crippen LogP contribution in [0.15, 0.2) is 72.8 Å². The van der Waals surface area contributed by atoms with Crippen LogP contribution in [0.1, 0.15) is 19.4 Å². The standard InChI is InChI=1S/C28H31FN4O3/c1-19(2)17-36-28-31-27(24-9-5-6-10-25(24)29)33(32-28)22-14-12-21(13-15-22)30-16-23(34)18-35-26-11-7-4-8-20(26)3/h4-15,19,23,30,34H,16-18H2,1-3H3. The second-order valence-corrected chi connectivity index (χ2v) is 8.97. The zero-order valence-electron chi connectivity index (χ0n) is 20.7. The number of nitrogens with one attached hydrogen (secondary N) is 1. The summed E-state index contributed by atoms with van der Waals surface area (Å²) in [6, 6.07) is 21.8. The van der Waals surface area contributed by atoms with Crippen molar-refractivity contribution in [3.8, 4) is 28.8 Å². The molecule has 0 fully saturated rings. The molecule has 1 aromatic heterocycles. The van der Waals surface area contributed by atoms with Gasteiger partial charge in [-0.15, -0.1) is 5.10 Å². The second-order valence-electron chi connectivity index (χ2n) is 8.97. The monoisotopic (exact) mass is 490 g/mol. The van der Waals surface area contributed by atoms with Gasteiger partial charge in [-0.2, -0.15) is 4.98 Å². The number of aliphatic hydroxyl groups excluding tert-OH is 1. The fourth-order valence-corrected chi connectivity index (χ4v) is 3.51. The highest BCUT2D eigenvalue weighted by Crippen LogP contribution is 2.26. The predicted molar refractivity (Wildman–Crippen MR) is 138 cm³/mol. The molecule has 8 heteroatoms. The fourth-order valence-electron chi connectivity index (χ4n) is 3.51. The number of para-hydroxylation sites is 1. The Hall–Kier alpha value is -3.91. The van der Waals surface area contributed by atoms with Gasteiger partial charge in [-0.25, -0.2) is 9.07 Å². The molecule has 36 heavy (non-hydrogen) atoms. The molecule has 0 saturated heterocycles. The molecule has 4 rings (SSSR count). The number of aryl methyl sites for hydroxylation is 1. The van der Waals surface area contributed by atoms with Gasteiger partial charge in [0.1, 0.15) is 24.3 Å². The fraction of sp³-hybridized carbons (Fsp3) is 0.286. The molecule has 0 bridgehead atoms. The van der Waals surface area contributed by atoms with Crippen molar-refractivity contribution >= 4 is 5.69 Å². The molecule has 4 aromatic rings. The zero-order chi connectivity index (χ0) is 25.5. The predicted octanol–water partition coefficient (Wildman–Crippen LogP) is 5.27. The normalized spacial score (nSPS) is 11.9. The Labute approximate surface area is 210 Å². The Kier molecular flexibility index (Phi) is 8.17. The van der Waals surface area contributed by atoms with E-state index in [0.717, 1.165) is 17.0 Å². The molecule has 1 unspecified atom stereocenters. The van der Waals surface area contributed by atoms with Crippen LogP contribution >= 0.6 is 0 Å². The lowest BCUT2D eigenvalue weighted by atomic mass is 10.2. The second kappa shape index (κ2) is 11.7. The van der Waals surface area contributed by atoms with Crippen LogP contribution in [-0.2, 0) is 0 Å². The molecule has 1 atom stereocenters. The summed E-state index contributed by atoms with van der Waals surface area (Å²) in [7, 11) is 0. The lowest BCUT2D eigenvalue weighted by Crippen LogP contribution is -2.26. The molecule has 0 saturated carbocycles. The van der Waals surface area contributed by atoms with Gasteiger partial charge < -0.3 is 19.9 Å². The summed E-state index contributed by atoms with van der Waals surface area (Å²) in [6.07, 6.45) is -0.687. The van der Waals surface area contributed by atoms with Crippen molar-refractivity contribution in [3.05, 3.63) is 84.2 Å². The minimum atomic E-state index is -0.687. The largest absolute Gasteiger partial charge is 0.491 e. The van der Waals surface area contributed by atoms with Crippen molar-refractivity contribution in [2.75, 3.05) is 25.1 Å². The molecule has 1 heterocycles. The third-order valence-electron chi connectivity index (χ3n) is 5.43. The van der Waals surface area contributed by atoms with Gasteiger partial charge >= 0.3 is 6.01 Å². The number of ether oxygens (including phenoxy) is 2. The van der Waals surface area contributed by atoms with E-state index in [1.54, 1.807) is 22.9 Å². The minimum Gasteiger partial charge on any atom is -0.491 e.